The maximum Gasteiger partial charge on any atom is 0.338 e. The summed E-state index contributed by atoms with van der Waals surface area (Å²) in [6.45, 7) is 1.74. The number of anilines is 2. The van der Waals surface area contributed by atoms with E-state index >= 15 is 0 Å². The summed E-state index contributed by atoms with van der Waals surface area (Å²) in [5.41, 5.74) is 1.86. The van der Waals surface area contributed by atoms with Crippen molar-refractivity contribution in [2.45, 2.75) is 11.8 Å². The van der Waals surface area contributed by atoms with Gasteiger partial charge in [0.2, 0.25) is 0 Å². The Hall–Kier alpha value is -3.64. The summed E-state index contributed by atoms with van der Waals surface area (Å²) in [5.74, 6) is -0.577. The number of carbonyl (C=O) groups excluding carboxylic acids is 1. The first-order valence-corrected chi connectivity index (χ1v) is 11.1. The van der Waals surface area contributed by atoms with E-state index in [-0.39, 0.29) is 10.5 Å². The lowest BCUT2D eigenvalue weighted by molar-refractivity contribution is 0.0599. The highest BCUT2D eigenvalue weighted by Gasteiger charge is 2.28. The third kappa shape index (κ3) is 3.90. The fourth-order valence-electron chi connectivity index (χ4n) is 3.49. The lowest BCUT2D eigenvalue weighted by Gasteiger charge is -2.25. The second kappa shape index (κ2) is 8.24. The van der Waals surface area contributed by atoms with Gasteiger partial charge in [0.15, 0.2) is 0 Å². The molecule has 0 amide bonds. The lowest BCUT2D eigenvalue weighted by atomic mass is 10.1. The van der Waals surface area contributed by atoms with Crippen LogP contribution in [0.1, 0.15) is 15.9 Å². The Labute approximate surface area is 181 Å². The molecule has 156 valence electrons. The number of para-hydroxylation sites is 1. The quantitative estimate of drug-likeness (QED) is 0.394. The van der Waals surface area contributed by atoms with E-state index in [2.05, 4.69) is 0 Å². The number of esters is 1. The second-order valence-electron chi connectivity index (χ2n) is 7.10. The average Bonchev–Trinajstić information content (AvgIpc) is 2.79. The molecule has 0 atom stereocenters. The number of hydrogen-bond acceptors (Lipinski definition) is 4. The summed E-state index contributed by atoms with van der Waals surface area (Å²) < 4.78 is 33.7. The maximum absolute atomic E-state index is 13.8. The Morgan fingerprint density at radius 2 is 1.45 bits per heavy atom. The van der Waals surface area contributed by atoms with Crippen LogP contribution in [-0.2, 0) is 14.8 Å². The van der Waals surface area contributed by atoms with Gasteiger partial charge < -0.3 is 4.74 Å². The number of hydrogen-bond donors (Lipinski definition) is 0. The van der Waals surface area contributed by atoms with Crippen molar-refractivity contribution in [3.8, 4) is 0 Å². The van der Waals surface area contributed by atoms with E-state index in [0.717, 1.165) is 10.8 Å². The number of sulfonamides is 1. The minimum absolute atomic E-state index is 0.00973. The maximum atomic E-state index is 13.8. The molecule has 0 saturated carbocycles. The largest absolute Gasteiger partial charge is 0.465 e. The van der Waals surface area contributed by atoms with Crippen LogP contribution in [0.4, 0.5) is 11.4 Å². The van der Waals surface area contributed by atoms with Crippen LogP contribution in [0.3, 0.4) is 0 Å². The molecule has 0 spiro atoms. The molecule has 6 heteroatoms. The molecule has 0 aliphatic rings. The number of aryl methyl sites for hydroxylation is 1. The highest BCUT2D eigenvalue weighted by Crippen LogP contribution is 2.34. The smallest absolute Gasteiger partial charge is 0.338 e. The minimum atomic E-state index is -4.03. The summed E-state index contributed by atoms with van der Waals surface area (Å²) in [5, 5.41) is 1.94. The zero-order chi connectivity index (χ0) is 22.0. The Morgan fingerprint density at radius 3 is 2.16 bits per heavy atom. The van der Waals surface area contributed by atoms with Crippen LogP contribution in [0.15, 0.2) is 95.9 Å². The lowest BCUT2D eigenvalue weighted by Crippen LogP contribution is -2.26. The van der Waals surface area contributed by atoms with Gasteiger partial charge in [-0.25, -0.2) is 17.5 Å². The van der Waals surface area contributed by atoms with Crippen LogP contribution in [0.2, 0.25) is 0 Å². The SMILES string of the molecule is COC(=O)c1cc(S(=O)(=O)N(c2ccccc2)c2ccc3ccccc3c2)ccc1C. The van der Waals surface area contributed by atoms with Crippen molar-refractivity contribution in [3.05, 3.63) is 102 Å². The molecule has 0 fully saturated rings. The van der Waals surface area contributed by atoms with Gasteiger partial charge in [-0.15, -0.1) is 0 Å². The Bertz CT molecular complexity index is 1360. The fourth-order valence-corrected chi connectivity index (χ4v) is 5.00. The van der Waals surface area contributed by atoms with E-state index in [1.54, 1.807) is 43.3 Å². The first-order valence-electron chi connectivity index (χ1n) is 9.70. The molecule has 0 aromatic heterocycles. The summed E-state index contributed by atoms with van der Waals surface area (Å²) in [4.78, 5) is 12.1. The zero-order valence-electron chi connectivity index (χ0n) is 17.1. The van der Waals surface area contributed by atoms with Crippen LogP contribution >= 0.6 is 0 Å². The van der Waals surface area contributed by atoms with Crippen molar-refractivity contribution in [2.24, 2.45) is 0 Å². The van der Waals surface area contributed by atoms with Crippen molar-refractivity contribution >= 4 is 38.1 Å². The normalized spacial score (nSPS) is 11.3. The van der Waals surface area contributed by atoms with Crippen molar-refractivity contribution in [1.29, 1.82) is 0 Å². The summed E-state index contributed by atoms with van der Waals surface area (Å²) in [6, 6.07) is 26.7. The van der Waals surface area contributed by atoms with E-state index in [1.807, 2.05) is 42.5 Å². The van der Waals surface area contributed by atoms with Crippen molar-refractivity contribution < 1.29 is 17.9 Å². The predicted molar refractivity (Wildman–Crippen MR) is 122 cm³/mol. The molecule has 0 bridgehead atoms. The van der Waals surface area contributed by atoms with Crippen LogP contribution < -0.4 is 4.31 Å². The average molecular weight is 432 g/mol. The molecule has 5 nitrogen and oxygen atoms in total. The summed E-state index contributed by atoms with van der Waals surface area (Å²) in [7, 11) is -2.76. The van der Waals surface area contributed by atoms with Gasteiger partial charge in [-0.1, -0.05) is 54.6 Å². The van der Waals surface area contributed by atoms with Crippen LogP contribution in [0, 0.1) is 6.92 Å². The highest BCUT2D eigenvalue weighted by atomic mass is 32.2. The number of benzene rings is 4. The molecule has 0 N–H and O–H groups in total. The molecule has 0 radical (unpaired) electrons. The van der Waals surface area contributed by atoms with Gasteiger partial charge in [0.05, 0.1) is 28.9 Å². The third-order valence-corrected chi connectivity index (χ3v) is 6.86. The van der Waals surface area contributed by atoms with Gasteiger partial charge in [0, 0.05) is 0 Å². The number of carbonyl (C=O) groups is 1. The summed E-state index contributed by atoms with van der Waals surface area (Å²) in [6.07, 6.45) is 0. The fraction of sp³-hybridized carbons (Fsp3) is 0.0800. The molecule has 0 aliphatic carbocycles. The van der Waals surface area contributed by atoms with Crippen LogP contribution in [0.25, 0.3) is 10.8 Å². The monoisotopic (exact) mass is 431 g/mol. The first-order chi connectivity index (χ1) is 14.9. The van der Waals surface area contributed by atoms with E-state index < -0.39 is 16.0 Å². The molecule has 0 aliphatic heterocycles. The van der Waals surface area contributed by atoms with E-state index in [1.165, 1.54) is 23.5 Å². The van der Waals surface area contributed by atoms with E-state index in [4.69, 9.17) is 4.74 Å². The van der Waals surface area contributed by atoms with E-state index in [0.29, 0.717) is 16.9 Å². The predicted octanol–water partition coefficient (Wildman–Crippen LogP) is 5.46. The second-order valence-corrected chi connectivity index (χ2v) is 8.89. The third-order valence-electron chi connectivity index (χ3n) is 5.11. The molecule has 0 heterocycles. The number of nitrogens with zero attached hydrogens (tertiary/aromatic N) is 1. The van der Waals surface area contributed by atoms with Gasteiger partial charge in [-0.3, -0.25) is 0 Å². The molecule has 4 aromatic rings. The van der Waals surface area contributed by atoms with Gasteiger partial charge in [-0.05, 0) is 59.7 Å². The minimum Gasteiger partial charge on any atom is -0.465 e. The molecular formula is C25H21NO4S. The Kier molecular flexibility index (Phi) is 5.48. The molecule has 0 unspecified atom stereocenters. The Balaban J connectivity index is 1.92. The number of ether oxygens (including phenoxy) is 1. The Morgan fingerprint density at radius 1 is 0.774 bits per heavy atom. The zero-order valence-corrected chi connectivity index (χ0v) is 18.0. The van der Waals surface area contributed by atoms with Crippen molar-refractivity contribution in [2.75, 3.05) is 11.4 Å². The first kappa shape index (κ1) is 20.6. The van der Waals surface area contributed by atoms with Gasteiger partial charge in [0.25, 0.3) is 10.0 Å². The molecule has 0 saturated heterocycles. The van der Waals surface area contributed by atoms with Crippen LogP contribution in [-0.4, -0.2) is 21.5 Å². The van der Waals surface area contributed by atoms with E-state index in [9.17, 15) is 13.2 Å². The van der Waals surface area contributed by atoms with Crippen LogP contribution in [0.5, 0.6) is 0 Å². The van der Waals surface area contributed by atoms with Gasteiger partial charge in [0.1, 0.15) is 0 Å². The van der Waals surface area contributed by atoms with Crippen molar-refractivity contribution in [1.82, 2.24) is 0 Å². The molecule has 4 aromatic carbocycles. The standard InChI is InChI=1S/C25H21NO4S/c1-18-12-15-23(17-24(18)25(27)30-2)31(28,29)26(21-10-4-3-5-11-21)22-14-13-19-8-6-7-9-20(19)16-22/h3-17H,1-2H3. The number of rotatable bonds is 5. The molecular weight excluding hydrogens is 410 g/mol. The summed E-state index contributed by atoms with van der Waals surface area (Å²) >= 11 is 0. The highest BCUT2D eigenvalue weighted by molar-refractivity contribution is 7.93. The van der Waals surface area contributed by atoms with Crippen molar-refractivity contribution in [3.63, 3.8) is 0 Å². The molecule has 31 heavy (non-hydrogen) atoms. The van der Waals surface area contributed by atoms with Gasteiger partial charge in [-0.2, -0.15) is 0 Å². The topological polar surface area (TPSA) is 63.7 Å². The van der Waals surface area contributed by atoms with Gasteiger partial charge >= 0.3 is 5.97 Å². The number of fused-ring (bicyclic) bond motifs is 1. The molecule has 4 rings (SSSR count). The number of methoxy groups -OCH3 is 1.